The molecule has 1 aromatic carbocycles. The molecule has 2 aliphatic rings. The van der Waals surface area contributed by atoms with Crippen molar-refractivity contribution in [3.05, 3.63) is 30.1 Å². The van der Waals surface area contributed by atoms with Gasteiger partial charge in [-0.3, -0.25) is 4.79 Å². The van der Waals surface area contributed by atoms with Gasteiger partial charge in [-0.25, -0.2) is 12.8 Å². The molecule has 2 unspecified atom stereocenters. The summed E-state index contributed by atoms with van der Waals surface area (Å²) in [5, 5.41) is 3.09. The summed E-state index contributed by atoms with van der Waals surface area (Å²) < 4.78 is 41.3. The van der Waals surface area contributed by atoms with Gasteiger partial charge in [-0.05, 0) is 43.9 Å². The molecular formula is C19H27FN2O3S. The van der Waals surface area contributed by atoms with Crippen LogP contribution in [-0.4, -0.2) is 36.8 Å². The number of carbonyl (C=O) groups excluding carboxylic acids is 1. The first-order valence-corrected chi connectivity index (χ1v) is 10.6. The van der Waals surface area contributed by atoms with Crippen LogP contribution < -0.4 is 5.32 Å². The minimum Gasteiger partial charge on any atom is -0.353 e. The fourth-order valence-corrected chi connectivity index (χ4v) is 5.92. The standard InChI is InChI=1S/C19H27FN2O3S/c1-19(2,3)18(23)21-14-11-15-7-5-8-16(12-14)22(15)26(24,25)17-9-4-6-13(20)10-17/h4,6,9-10,14-16H,5,7-8,11-12H2,1-3H3,(H,21,23). The average Bonchev–Trinajstić information content (AvgIpc) is 2.53. The van der Waals surface area contributed by atoms with Crippen molar-refractivity contribution in [2.24, 2.45) is 5.41 Å². The third-order valence-electron chi connectivity index (χ3n) is 5.30. The highest BCUT2D eigenvalue weighted by Gasteiger charge is 2.45. The average molecular weight is 383 g/mol. The Balaban J connectivity index is 1.82. The van der Waals surface area contributed by atoms with Crippen LogP contribution in [0.25, 0.3) is 0 Å². The maximum Gasteiger partial charge on any atom is 0.243 e. The molecule has 2 bridgehead atoms. The van der Waals surface area contributed by atoms with Crippen molar-refractivity contribution in [1.29, 1.82) is 0 Å². The van der Waals surface area contributed by atoms with Gasteiger partial charge in [0.1, 0.15) is 5.82 Å². The number of carbonyl (C=O) groups is 1. The zero-order valence-corrected chi connectivity index (χ0v) is 16.4. The van der Waals surface area contributed by atoms with E-state index in [4.69, 9.17) is 0 Å². The first-order valence-electron chi connectivity index (χ1n) is 9.19. The number of halogens is 1. The fourth-order valence-electron chi connectivity index (χ4n) is 4.00. The number of amides is 1. The van der Waals surface area contributed by atoms with Crippen molar-refractivity contribution in [2.75, 3.05) is 0 Å². The highest BCUT2D eigenvalue weighted by Crippen LogP contribution is 2.38. The summed E-state index contributed by atoms with van der Waals surface area (Å²) in [6.07, 6.45) is 3.73. The summed E-state index contributed by atoms with van der Waals surface area (Å²) in [4.78, 5) is 12.3. The molecule has 0 spiro atoms. The Hall–Kier alpha value is -1.47. The number of hydrogen-bond acceptors (Lipinski definition) is 3. The Morgan fingerprint density at radius 2 is 1.81 bits per heavy atom. The molecule has 5 nitrogen and oxygen atoms in total. The lowest BCUT2D eigenvalue weighted by Gasteiger charge is -2.48. The van der Waals surface area contributed by atoms with Gasteiger partial charge in [0.15, 0.2) is 0 Å². The van der Waals surface area contributed by atoms with E-state index in [-0.39, 0.29) is 28.9 Å². The molecule has 144 valence electrons. The molecule has 2 heterocycles. The van der Waals surface area contributed by atoms with E-state index in [0.29, 0.717) is 12.8 Å². The van der Waals surface area contributed by atoms with E-state index in [1.807, 2.05) is 20.8 Å². The van der Waals surface area contributed by atoms with Crippen LogP contribution in [0.3, 0.4) is 0 Å². The third-order valence-corrected chi connectivity index (χ3v) is 7.30. The van der Waals surface area contributed by atoms with Crippen LogP contribution in [0.1, 0.15) is 52.9 Å². The van der Waals surface area contributed by atoms with Gasteiger partial charge < -0.3 is 5.32 Å². The second kappa shape index (κ2) is 6.93. The van der Waals surface area contributed by atoms with Crippen LogP contribution in [0.4, 0.5) is 4.39 Å². The van der Waals surface area contributed by atoms with Crippen molar-refractivity contribution >= 4 is 15.9 Å². The number of piperidine rings is 2. The van der Waals surface area contributed by atoms with Crippen molar-refractivity contribution in [3.63, 3.8) is 0 Å². The number of nitrogens with zero attached hydrogens (tertiary/aromatic N) is 1. The van der Waals surface area contributed by atoms with E-state index >= 15 is 0 Å². The van der Waals surface area contributed by atoms with Gasteiger partial charge in [0.25, 0.3) is 0 Å². The van der Waals surface area contributed by atoms with E-state index in [9.17, 15) is 17.6 Å². The minimum atomic E-state index is -3.74. The molecule has 26 heavy (non-hydrogen) atoms. The largest absolute Gasteiger partial charge is 0.353 e. The highest BCUT2D eigenvalue weighted by molar-refractivity contribution is 7.89. The van der Waals surface area contributed by atoms with Crippen molar-refractivity contribution in [1.82, 2.24) is 9.62 Å². The lowest BCUT2D eigenvalue weighted by atomic mass is 9.83. The van der Waals surface area contributed by atoms with Gasteiger partial charge in [0.2, 0.25) is 15.9 Å². The quantitative estimate of drug-likeness (QED) is 0.874. The van der Waals surface area contributed by atoms with Crippen LogP contribution in [0.15, 0.2) is 29.2 Å². The first-order chi connectivity index (χ1) is 12.1. The normalized spacial score (nSPS) is 27.2. The lowest BCUT2D eigenvalue weighted by molar-refractivity contribution is -0.129. The number of rotatable bonds is 3. The fraction of sp³-hybridized carbons (Fsp3) is 0.632. The van der Waals surface area contributed by atoms with Gasteiger partial charge in [-0.2, -0.15) is 4.31 Å². The molecule has 0 saturated carbocycles. The zero-order chi connectivity index (χ0) is 19.1. The summed E-state index contributed by atoms with van der Waals surface area (Å²) in [5.41, 5.74) is -0.472. The Morgan fingerprint density at radius 3 is 2.35 bits per heavy atom. The van der Waals surface area contributed by atoms with E-state index < -0.39 is 21.3 Å². The van der Waals surface area contributed by atoms with Crippen LogP contribution in [0.2, 0.25) is 0 Å². The molecule has 2 fully saturated rings. The van der Waals surface area contributed by atoms with Gasteiger partial charge >= 0.3 is 0 Å². The predicted molar refractivity (Wildman–Crippen MR) is 97.5 cm³/mol. The van der Waals surface area contributed by atoms with Crippen molar-refractivity contribution < 1.29 is 17.6 Å². The Labute approximate surface area is 155 Å². The van der Waals surface area contributed by atoms with Gasteiger partial charge in [0.05, 0.1) is 4.90 Å². The maximum atomic E-state index is 13.5. The molecule has 7 heteroatoms. The molecule has 0 radical (unpaired) electrons. The summed E-state index contributed by atoms with van der Waals surface area (Å²) in [6, 6.07) is 4.88. The van der Waals surface area contributed by atoms with Gasteiger partial charge in [-0.1, -0.05) is 33.3 Å². The monoisotopic (exact) mass is 382 g/mol. The molecular weight excluding hydrogens is 355 g/mol. The number of hydrogen-bond donors (Lipinski definition) is 1. The lowest BCUT2D eigenvalue weighted by Crippen LogP contribution is -2.59. The molecule has 1 amide bonds. The van der Waals surface area contributed by atoms with Crippen LogP contribution in [0.5, 0.6) is 0 Å². The van der Waals surface area contributed by atoms with Crippen LogP contribution in [-0.2, 0) is 14.8 Å². The Bertz CT molecular complexity index is 774. The van der Waals surface area contributed by atoms with E-state index in [1.54, 1.807) is 4.31 Å². The maximum absolute atomic E-state index is 13.5. The van der Waals surface area contributed by atoms with E-state index in [1.165, 1.54) is 18.2 Å². The van der Waals surface area contributed by atoms with Gasteiger partial charge in [-0.15, -0.1) is 0 Å². The topological polar surface area (TPSA) is 66.5 Å². The van der Waals surface area contributed by atoms with Crippen molar-refractivity contribution in [3.8, 4) is 0 Å². The minimum absolute atomic E-state index is 0.00609. The number of benzene rings is 1. The molecule has 1 aromatic rings. The summed E-state index contributed by atoms with van der Waals surface area (Å²) in [7, 11) is -3.74. The van der Waals surface area contributed by atoms with E-state index in [2.05, 4.69) is 5.32 Å². The zero-order valence-electron chi connectivity index (χ0n) is 15.5. The number of sulfonamides is 1. The molecule has 2 saturated heterocycles. The first kappa shape index (κ1) is 19.3. The number of nitrogens with one attached hydrogen (secondary N) is 1. The van der Waals surface area contributed by atoms with Gasteiger partial charge in [0, 0.05) is 23.5 Å². The summed E-state index contributed by atoms with van der Waals surface area (Å²) in [5.74, 6) is -0.564. The summed E-state index contributed by atoms with van der Waals surface area (Å²) in [6.45, 7) is 5.60. The van der Waals surface area contributed by atoms with E-state index in [0.717, 1.165) is 25.3 Å². The molecule has 2 aliphatic heterocycles. The van der Waals surface area contributed by atoms with Crippen LogP contribution >= 0.6 is 0 Å². The van der Waals surface area contributed by atoms with Crippen molar-refractivity contribution in [2.45, 2.75) is 75.9 Å². The second-order valence-corrected chi connectivity index (χ2v) is 10.3. The highest BCUT2D eigenvalue weighted by atomic mass is 32.2. The number of fused-ring (bicyclic) bond motifs is 2. The Morgan fingerprint density at radius 1 is 1.19 bits per heavy atom. The predicted octanol–water partition coefficient (Wildman–Crippen LogP) is 3.06. The smallest absolute Gasteiger partial charge is 0.243 e. The SMILES string of the molecule is CC(C)(C)C(=O)NC1CC2CCCC(C1)N2S(=O)(=O)c1cccc(F)c1. The summed E-state index contributed by atoms with van der Waals surface area (Å²) >= 11 is 0. The van der Waals surface area contributed by atoms with Crippen LogP contribution in [0, 0.1) is 11.2 Å². The second-order valence-electron chi connectivity index (χ2n) is 8.42. The third kappa shape index (κ3) is 3.78. The molecule has 2 atom stereocenters. The Kier molecular flexibility index (Phi) is 5.14. The molecule has 0 aromatic heterocycles. The molecule has 0 aliphatic carbocycles. The molecule has 3 rings (SSSR count). The molecule has 1 N–H and O–H groups in total.